The predicted octanol–water partition coefficient (Wildman–Crippen LogP) is 2.74. The molecule has 5 nitrogen and oxygen atoms in total. The summed E-state index contributed by atoms with van der Waals surface area (Å²) in [6, 6.07) is 10.8. The third kappa shape index (κ3) is 2.34. The molecule has 0 saturated heterocycles. The minimum absolute atomic E-state index is 0.266. The van der Waals surface area contributed by atoms with Gasteiger partial charge in [0.05, 0.1) is 5.69 Å². The second-order valence-electron chi connectivity index (χ2n) is 3.89. The smallest absolute Gasteiger partial charge is 0.276 e. The monoisotopic (exact) mass is 316 g/mol. The van der Waals surface area contributed by atoms with E-state index in [4.69, 9.17) is 0 Å². The van der Waals surface area contributed by atoms with Crippen molar-refractivity contribution in [3.05, 3.63) is 59.0 Å². The molecule has 1 amide bonds. The molecule has 1 N–H and O–H groups in total. The average molecular weight is 317 g/mol. The molecule has 0 saturated carbocycles. The third-order valence-corrected chi connectivity index (χ3v) is 3.28. The molecule has 3 aromatic rings. The number of carbonyl (C=O) groups excluding carboxylic acids is 1. The molecule has 0 aliphatic heterocycles. The topological polar surface area (TPSA) is 59.3 Å². The van der Waals surface area contributed by atoms with Gasteiger partial charge in [-0.2, -0.15) is 5.10 Å². The van der Waals surface area contributed by atoms with E-state index in [1.165, 1.54) is 0 Å². The van der Waals surface area contributed by atoms with Crippen LogP contribution in [-0.4, -0.2) is 20.5 Å². The van der Waals surface area contributed by atoms with Gasteiger partial charge in [-0.3, -0.25) is 4.79 Å². The number of rotatable bonds is 2. The first-order valence-electron chi connectivity index (χ1n) is 5.60. The molecule has 6 heteroatoms. The molecular formula is C13H9BrN4O. The van der Waals surface area contributed by atoms with Crippen LogP contribution in [0, 0.1) is 0 Å². The number of hydrogen-bond acceptors (Lipinski definition) is 3. The van der Waals surface area contributed by atoms with E-state index in [1.54, 1.807) is 29.0 Å². The van der Waals surface area contributed by atoms with Gasteiger partial charge in [-0.05, 0) is 34.1 Å². The van der Waals surface area contributed by atoms with Gasteiger partial charge in [0.2, 0.25) is 0 Å². The number of anilines is 1. The first-order valence-corrected chi connectivity index (χ1v) is 6.39. The van der Waals surface area contributed by atoms with E-state index in [1.807, 2.05) is 24.3 Å². The summed E-state index contributed by atoms with van der Waals surface area (Å²) in [4.78, 5) is 16.2. The molecule has 0 spiro atoms. The molecule has 0 unspecified atom stereocenters. The van der Waals surface area contributed by atoms with Gasteiger partial charge in [0, 0.05) is 22.9 Å². The zero-order valence-electron chi connectivity index (χ0n) is 9.75. The lowest BCUT2D eigenvalue weighted by atomic mass is 10.3. The SMILES string of the molecule is O=C(Nc1ccccc1Br)c1cc2ncccn2n1. The molecule has 0 aliphatic rings. The maximum Gasteiger partial charge on any atom is 0.276 e. The number of aromatic nitrogens is 3. The van der Waals surface area contributed by atoms with Crippen molar-refractivity contribution >= 4 is 33.2 Å². The van der Waals surface area contributed by atoms with Crippen LogP contribution in [0.2, 0.25) is 0 Å². The molecular weight excluding hydrogens is 308 g/mol. The first-order chi connectivity index (χ1) is 9.24. The third-order valence-electron chi connectivity index (χ3n) is 2.59. The Bertz CT molecular complexity index is 720. The highest BCUT2D eigenvalue weighted by atomic mass is 79.9. The fraction of sp³-hybridized carbons (Fsp3) is 0. The molecule has 1 aromatic carbocycles. The van der Waals surface area contributed by atoms with Crippen LogP contribution in [0.15, 0.2) is 53.3 Å². The molecule has 0 bridgehead atoms. The Morgan fingerprint density at radius 2 is 2.11 bits per heavy atom. The van der Waals surface area contributed by atoms with Crippen molar-refractivity contribution in [1.82, 2.24) is 14.6 Å². The zero-order chi connectivity index (χ0) is 13.2. The normalized spacial score (nSPS) is 10.6. The number of hydrogen-bond donors (Lipinski definition) is 1. The minimum atomic E-state index is -0.266. The van der Waals surface area contributed by atoms with Crippen LogP contribution in [0.4, 0.5) is 5.69 Å². The van der Waals surface area contributed by atoms with Crippen LogP contribution in [0.5, 0.6) is 0 Å². The van der Waals surface area contributed by atoms with Crippen molar-refractivity contribution in [3.63, 3.8) is 0 Å². The number of fused-ring (bicyclic) bond motifs is 1. The van der Waals surface area contributed by atoms with Crippen molar-refractivity contribution in [1.29, 1.82) is 0 Å². The maximum atomic E-state index is 12.1. The van der Waals surface area contributed by atoms with E-state index in [0.29, 0.717) is 17.0 Å². The van der Waals surface area contributed by atoms with Crippen molar-refractivity contribution in [2.24, 2.45) is 0 Å². The lowest BCUT2D eigenvalue weighted by Crippen LogP contribution is -2.12. The minimum Gasteiger partial charge on any atom is -0.320 e. The number of para-hydroxylation sites is 1. The van der Waals surface area contributed by atoms with E-state index >= 15 is 0 Å². The lowest BCUT2D eigenvalue weighted by Gasteiger charge is -2.04. The summed E-state index contributed by atoms with van der Waals surface area (Å²) in [7, 11) is 0. The van der Waals surface area contributed by atoms with E-state index in [0.717, 1.165) is 4.47 Å². The Labute approximate surface area is 117 Å². The second kappa shape index (κ2) is 4.81. The molecule has 94 valence electrons. The van der Waals surface area contributed by atoms with Gasteiger partial charge >= 0.3 is 0 Å². The summed E-state index contributed by atoms with van der Waals surface area (Å²) in [5.41, 5.74) is 1.67. The number of amides is 1. The van der Waals surface area contributed by atoms with E-state index in [9.17, 15) is 4.79 Å². The van der Waals surface area contributed by atoms with Gasteiger partial charge in [-0.25, -0.2) is 9.50 Å². The summed E-state index contributed by atoms with van der Waals surface area (Å²) >= 11 is 3.38. The lowest BCUT2D eigenvalue weighted by molar-refractivity contribution is 0.102. The Morgan fingerprint density at radius 3 is 2.89 bits per heavy atom. The molecule has 0 fully saturated rings. The number of benzene rings is 1. The first kappa shape index (κ1) is 11.9. The summed E-state index contributed by atoms with van der Waals surface area (Å²) in [6.07, 6.45) is 3.41. The van der Waals surface area contributed by atoms with Crippen LogP contribution < -0.4 is 5.32 Å². The Kier molecular flexibility index (Phi) is 3.00. The number of nitrogens with zero attached hydrogens (tertiary/aromatic N) is 3. The van der Waals surface area contributed by atoms with Gasteiger partial charge < -0.3 is 5.32 Å². The van der Waals surface area contributed by atoms with Gasteiger partial charge in [-0.1, -0.05) is 12.1 Å². The van der Waals surface area contributed by atoms with Crippen LogP contribution in [-0.2, 0) is 0 Å². The fourth-order valence-electron chi connectivity index (χ4n) is 1.69. The molecule has 0 radical (unpaired) electrons. The van der Waals surface area contributed by atoms with Gasteiger partial charge in [0.25, 0.3) is 5.91 Å². The van der Waals surface area contributed by atoms with Crippen LogP contribution in [0.25, 0.3) is 5.65 Å². The quantitative estimate of drug-likeness (QED) is 0.790. The standard InChI is InChI=1S/C13H9BrN4O/c14-9-4-1-2-5-10(9)16-13(19)11-8-12-15-6-3-7-18(12)17-11/h1-8H,(H,16,19). The zero-order valence-corrected chi connectivity index (χ0v) is 11.3. The summed E-state index contributed by atoms with van der Waals surface area (Å²) in [5.74, 6) is -0.266. The van der Waals surface area contributed by atoms with E-state index in [-0.39, 0.29) is 5.91 Å². The average Bonchev–Trinajstić information content (AvgIpc) is 2.85. The second-order valence-corrected chi connectivity index (χ2v) is 4.74. The number of carbonyl (C=O) groups is 1. The molecule has 2 aromatic heterocycles. The molecule has 19 heavy (non-hydrogen) atoms. The predicted molar refractivity (Wildman–Crippen MR) is 75.1 cm³/mol. The maximum absolute atomic E-state index is 12.1. The van der Waals surface area contributed by atoms with Crippen molar-refractivity contribution in [2.75, 3.05) is 5.32 Å². The van der Waals surface area contributed by atoms with Crippen LogP contribution in [0.3, 0.4) is 0 Å². The number of nitrogens with one attached hydrogen (secondary N) is 1. The molecule has 2 heterocycles. The van der Waals surface area contributed by atoms with Crippen LogP contribution >= 0.6 is 15.9 Å². The van der Waals surface area contributed by atoms with Crippen LogP contribution in [0.1, 0.15) is 10.5 Å². The van der Waals surface area contributed by atoms with Crippen molar-refractivity contribution in [3.8, 4) is 0 Å². The van der Waals surface area contributed by atoms with Crippen molar-refractivity contribution < 1.29 is 4.79 Å². The summed E-state index contributed by atoms with van der Waals surface area (Å²) < 4.78 is 2.39. The highest BCUT2D eigenvalue weighted by molar-refractivity contribution is 9.10. The Balaban J connectivity index is 1.90. The van der Waals surface area contributed by atoms with Crippen molar-refractivity contribution in [2.45, 2.75) is 0 Å². The highest BCUT2D eigenvalue weighted by Gasteiger charge is 2.12. The Morgan fingerprint density at radius 1 is 1.26 bits per heavy atom. The largest absolute Gasteiger partial charge is 0.320 e. The van der Waals surface area contributed by atoms with Gasteiger partial charge in [-0.15, -0.1) is 0 Å². The highest BCUT2D eigenvalue weighted by Crippen LogP contribution is 2.21. The molecule has 0 aliphatic carbocycles. The fourth-order valence-corrected chi connectivity index (χ4v) is 2.07. The summed E-state index contributed by atoms with van der Waals surface area (Å²) in [6.45, 7) is 0. The Hall–Kier alpha value is -2.21. The van der Waals surface area contributed by atoms with Gasteiger partial charge in [0.15, 0.2) is 11.3 Å². The van der Waals surface area contributed by atoms with E-state index < -0.39 is 0 Å². The molecule has 0 atom stereocenters. The van der Waals surface area contributed by atoms with Gasteiger partial charge in [0.1, 0.15) is 0 Å². The number of halogens is 1. The van der Waals surface area contributed by atoms with E-state index in [2.05, 4.69) is 31.3 Å². The summed E-state index contributed by atoms with van der Waals surface area (Å²) in [5, 5.41) is 6.96. The molecule has 3 rings (SSSR count).